The molecular formula is C14H19N5O3S. The smallest absolute Gasteiger partial charge is 0.332 e. The predicted octanol–water partition coefficient (Wildman–Crippen LogP) is -0.315. The highest BCUT2D eigenvalue weighted by molar-refractivity contribution is 7.99. The number of imidazole rings is 1. The molecule has 0 bridgehead atoms. The van der Waals surface area contributed by atoms with Gasteiger partial charge in [-0.25, -0.2) is 9.78 Å². The molecule has 9 heteroatoms. The molecule has 1 saturated heterocycles. The normalized spacial score (nSPS) is 14.8. The minimum absolute atomic E-state index is 0.0846. The monoisotopic (exact) mass is 337 g/mol. The van der Waals surface area contributed by atoms with E-state index in [9.17, 15) is 14.4 Å². The lowest BCUT2D eigenvalue weighted by molar-refractivity contribution is -0.127. The summed E-state index contributed by atoms with van der Waals surface area (Å²) in [6, 6.07) is 0. The van der Waals surface area contributed by atoms with Crippen LogP contribution in [-0.4, -0.2) is 48.3 Å². The first kappa shape index (κ1) is 15.9. The van der Waals surface area contributed by atoms with E-state index in [2.05, 4.69) is 4.98 Å². The minimum Gasteiger partial charge on any atom is -0.342 e. The van der Waals surface area contributed by atoms with Crippen molar-refractivity contribution in [2.24, 2.45) is 21.1 Å². The van der Waals surface area contributed by atoms with Gasteiger partial charge in [-0.2, -0.15) is 0 Å². The van der Waals surface area contributed by atoms with Gasteiger partial charge in [-0.15, -0.1) is 0 Å². The molecule has 2 aromatic rings. The molecule has 0 spiro atoms. The number of carbonyl (C=O) groups excluding carboxylic acids is 1. The molecule has 1 fully saturated rings. The molecule has 0 aromatic carbocycles. The molecule has 0 N–H and O–H groups in total. The maximum atomic E-state index is 12.3. The van der Waals surface area contributed by atoms with Gasteiger partial charge in [0.1, 0.15) is 0 Å². The van der Waals surface area contributed by atoms with Crippen LogP contribution in [0.15, 0.2) is 14.7 Å². The van der Waals surface area contributed by atoms with Crippen LogP contribution in [-0.2, 0) is 25.9 Å². The van der Waals surface area contributed by atoms with Crippen LogP contribution < -0.4 is 11.2 Å². The van der Waals surface area contributed by atoms with Crippen molar-refractivity contribution in [2.45, 2.75) is 18.0 Å². The Hall–Kier alpha value is -2.03. The van der Waals surface area contributed by atoms with Gasteiger partial charge in [0.05, 0.1) is 5.75 Å². The molecule has 0 saturated carbocycles. The largest absolute Gasteiger partial charge is 0.342 e. The van der Waals surface area contributed by atoms with Crippen molar-refractivity contribution in [1.29, 1.82) is 0 Å². The van der Waals surface area contributed by atoms with Gasteiger partial charge in [-0.05, 0) is 12.8 Å². The van der Waals surface area contributed by atoms with E-state index in [-0.39, 0.29) is 17.2 Å². The van der Waals surface area contributed by atoms with Crippen molar-refractivity contribution in [3.63, 3.8) is 0 Å². The number of fused-ring (bicyclic) bond motifs is 1. The first-order valence-corrected chi connectivity index (χ1v) is 8.43. The second kappa shape index (κ2) is 5.88. The Morgan fingerprint density at radius 3 is 2.39 bits per heavy atom. The number of hydrogen-bond acceptors (Lipinski definition) is 5. The summed E-state index contributed by atoms with van der Waals surface area (Å²) in [5.74, 6) is 0.368. The van der Waals surface area contributed by atoms with Crippen molar-refractivity contribution in [2.75, 3.05) is 18.8 Å². The van der Waals surface area contributed by atoms with Crippen LogP contribution in [0.3, 0.4) is 0 Å². The van der Waals surface area contributed by atoms with Gasteiger partial charge in [0.25, 0.3) is 5.56 Å². The van der Waals surface area contributed by atoms with E-state index in [1.54, 1.807) is 18.7 Å². The Labute approximate surface area is 136 Å². The summed E-state index contributed by atoms with van der Waals surface area (Å²) in [5.41, 5.74) is -0.0800. The topological polar surface area (TPSA) is 82.1 Å². The predicted molar refractivity (Wildman–Crippen MR) is 87.7 cm³/mol. The van der Waals surface area contributed by atoms with Gasteiger partial charge in [-0.1, -0.05) is 11.8 Å². The van der Waals surface area contributed by atoms with Gasteiger partial charge in [0, 0.05) is 34.2 Å². The first-order valence-electron chi connectivity index (χ1n) is 7.45. The van der Waals surface area contributed by atoms with Crippen LogP contribution in [0.25, 0.3) is 11.2 Å². The number of thioether (sulfide) groups is 1. The quantitative estimate of drug-likeness (QED) is 0.717. The van der Waals surface area contributed by atoms with Gasteiger partial charge >= 0.3 is 5.69 Å². The number of aryl methyl sites for hydroxylation is 2. The molecule has 8 nitrogen and oxygen atoms in total. The molecule has 23 heavy (non-hydrogen) atoms. The number of hydrogen-bond donors (Lipinski definition) is 0. The minimum atomic E-state index is -0.412. The number of amides is 1. The first-order chi connectivity index (χ1) is 10.9. The van der Waals surface area contributed by atoms with E-state index in [1.165, 1.54) is 23.4 Å². The van der Waals surface area contributed by atoms with E-state index in [1.807, 2.05) is 4.90 Å². The number of carbonyl (C=O) groups is 1. The van der Waals surface area contributed by atoms with Crippen LogP contribution >= 0.6 is 11.8 Å². The SMILES string of the molecule is Cn1c(=O)c2c(nc(SCC(=O)N3CCCC3)n2C)n(C)c1=O. The Kier molecular flexibility index (Phi) is 4.05. The number of aromatic nitrogens is 4. The van der Waals surface area contributed by atoms with E-state index >= 15 is 0 Å². The standard InChI is InChI=1S/C14H19N5O3S/c1-16-10-11(17(2)14(22)18(3)12(10)21)15-13(16)23-8-9(20)19-6-4-5-7-19/h4-8H2,1-3H3. The summed E-state index contributed by atoms with van der Waals surface area (Å²) >= 11 is 1.29. The van der Waals surface area contributed by atoms with Crippen molar-refractivity contribution >= 4 is 28.8 Å². The summed E-state index contributed by atoms with van der Waals surface area (Å²) < 4.78 is 4.07. The molecule has 124 valence electrons. The average Bonchev–Trinajstić information content (AvgIpc) is 3.17. The molecule has 3 heterocycles. The molecule has 2 aromatic heterocycles. The summed E-state index contributed by atoms with van der Waals surface area (Å²) in [4.78, 5) is 42.6. The van der Waals surface area contributed by atoms with Crippen molar-refractivity contribution < 1.29 is 4.79 Å². The Bertz CT molecular complexity index is 888. The molecule has 0 aliphatic carbocycles. The summed E-state index contributed by atoms with van der Waals surface area (Å²) in [6.07, 6.45) is 2.11. The lowest BCUT2D eigenvalue weighted by Gasteiger charge is -2.14. The molecular weight excluding hydrogens is 318 g/mol. The van der Waals surface area contributed by atoms with E-state index in [4.69, 9.17) is 0 Å². The average molecular weight is 337 g/mol. The van der Waals surface area contributed by atoms with Crippen LogP contribution in [0.4, 0.5) is 0 Å². The van der Waals surface area contributed by atoms with Gasteiger partial charge < -0.3 is 9.47 Å². The number of nitrogens with zero attached hydrogens (tertiary/aromatic N) is 5. The fourth-order valence-electron chi connectivity index (χ4n) is 2.81. The highest BCUT2D eigenvalue weighted by Crippen LogP contribution is 2.21. The zero-order valence-corrected chi connectivity index (χ0v) is 14.2. The highest BCUT2D eigenvalue weighted by atomic mass is 32.2. The van der Waals surface area contributed by atoms with E-state index in [0.29, 0.717) is 16.3 Å². The molecule has 0 unspecified atom stereocenters. The maximum absolute atomic E-state index is 12.3. The Morgan fingerprint density at radius 2 is 1.74 bits per heavy atom. The number of rotatable bonds is 3. The van der Waals surface area contributed by atoms with E-state index in [0.717, 1.165) is 30.5 Å². The third kappa shape index (κ3) is 2.58. The summed E-state index contributed by atoms with van der Waals surface area (Å²) in [7, 11) is 4.76. The maximum Gasteiger partial charge on any atom is 0.332 e. The summed E-state index contributed by atoms with van der Waals surface area (Å²) in [6.45, 7) is 1.63. The lowest BCUT2D eigenvalue weighted by atomic mass is 10.4. The highest BCUT2D eigenvalue weighted by Gasteiger charge is 2.21. The zero-order chi connectivity index (χ0) is 16.7. The third-order valence-electron chi connectivity index (χ3n) is 4.22. The fraction of sp³-hybridized carbons (Fsp3) is 0.571. The Morgan fingerprint density at radius 1 is 1.09 bits per heavy atom. The lowest BCUT2D eigenvalue weighted by Crippen LogP contribution is -2.37. The third-order valence-corrected chi connectivity index (χ3v) is 5.23. The van der Waals surface area contributed by atoms with Crippen molar-refractivity contribution in [1.82, 2.24) is 23.6 Å². The van der Waals surface area contributed by atoms with Crippen LogP contribution in [0.5, 0.6) is 0 Å². The molecule has 1 aliphatic rings. The molecule has 1 aliphatic heterocycles. The molecule has 0 radical (unpaired) electrons. The second-order valence-electron chi connectivity index (χ2n) is 5.71. The Balaban J connectivity index is 1.93. The number of likely N-dealkylation sites (tertiary alicyclic amines) is 1. The van der Waals surface area contributed by atoms with E-state index < -0.39 is 5.69 Å². The molecule has 3 rings (SSSR count). The van der Waals surface area contributed by atoms with Gasteiger partial charge in [-0.3, -0.25) is 18.7 Å². The van der Waals surface area contributed by atoms with Gasteiger partial charge in [0.2, 0.25) is 5.91 Å². The van der Waals surface area contributed by atoms with Crippen LogP contribution in [0, 0.1) is 0 Å². The fourth-order valence-corrected chi connectivity index (χ4v) is 3.68. The zero-order valence-electron chi connectivity index (χ0n) is 13.4. The second-order valence-corrected chi connectivity index (χ2v) is 6.65. The van der Waals surface area contributed by atoms with Crippen molar-refractivity contribution in [3.8, 4) is 0 Å². The van der Waals surface area contributed by atoms with Crippen LogP contribution in [0.1, 0.15) is 12.8 Å². The van der Waals surface area contributed by atoms with Crippen molar-refractivity contribution in [3.05, 3.63) is 20.8 Å². The van der Waals surface area contributed by atoms with Crippen LogP contribution in [0.2, 0.25) is 0 Å². The molecule has 1 amide bonds. The van der Waals surface area contributed by atoms with Gasteiger partial charge in [0.15, 0.2) is 16.3 Å². The summed E-state index contributed by atoms with van der Waals surface area (Å²) in [5, 5.41) is 0.561. The molecule has 0 atom stereocenters.